The molecule has 3 N–H and O–H groups in total. The van der Waals surface area contributed by atoms with Crippen molar-refractivity contribution in [1.82, 2.24) is 0 Å². The quantitative estimate of drug-likeness (QED) is 0.0204. The van der Waals surface area contributed by atoms with Gasteiger partial charge in [0, 0.05) is 19.4 Å². The van der Waals surface area contributed by atoms with Crippen LogP contribution >= 0.6 is 7.82 Å². The molecule has 54 heavy (non-hydrogen) atoms. The zero-order valence-corrected chi connectivity index (χ0v) is 34.8. The molecule has 10 nitrogen and oxygen atoms in total. The molecule has 1 aliphatic rings. The van der Waals surface area contributed by atoms with Crippen LogP contribution in [-0.4, -0.2) is 61.5 Å². The van der Waals surface area contributed by atoms with Crippen LogP contribution in [0.1, 0.15) is 168 Å². The lowest BCUT2D eigenvalue weighted by Gasteiger charge is -2.19. The van der Waals surface area contributed by atoms with Gasteiger partial charge in [0.05, 0.1) is 25.4 Å². The fraction of sp³-hybridized carbons (Fsp3) is 0.767. The number of phosphoric ester groups is 1. The molecule has 0 amide bonds. The molecule has 0 aromatic carbocycles. The van der Waals surface area contributed by atoms with E-state index in [1.165, 1.54) is 70.6 Å². The molecule has 3 unspecified atom stereocenters. The third kappa shape index (κ3) is 32.2. The maximum atomic E-state index is 12.6. The Kier molecular flexibility index (Phi) is 32.7. The molecule has 0 saturated carbocycles. The molecule has 0 aromatic rings. The Hall–Kier alpha value is -2.07. The van der Waals surface area contributed by atoms with Crippen molar-refractivity contribution in [1.29, 1.82) is 0 Å². The highest BCUT2D eigenvalue weighted by Crippen LogP contribution is 2.43. The fourth-order valence-corrected chi connectivity index (χ4v) is 6.60. The van der Waals surface area contributed by atoms with E-state index in [0.717, 1.165) is 51.4 Å². The molecular weight excluding hydrogens is 705 g/mol. The summed E-state index contributed by atoms with van der Waals surface area (Å²) in [7, 11) is -4.40. The van der Waals surface area contributed by atoms with Crippen molar-refractivity contribution in [2.24, 2.45) is 5.73 Å². The Labute approximate surface area is 328 Å². The maximum absolute atomic E-state index is 12.6. The van der Waals surface area contributed by atoms with Gasteiger partial charge in [-0.25, -0.2) is 4.57 Å². The number of allylic oxidation sites excluding steroid dienone is 7. The Bertz CT molecular complexity index is 1090. The number of unbranched alkanes of at least 4 members (excludes halogenated alkanes) is 14. The van der Waals surface area contributed by atoms with Crippen molar-refractivity contribution in [2.45, 2.75) is 186 Å². The minimum Gasteiger partial charge on any atom is -0.462 e. The number of esters is 2. The van der Waals surface area contributed by atoms with Gasteiger partial charge in [-0.05, 0) is 70.6 Å². The van der Waals surface area contributed by atoms with Gasteiger partial charge in [0.2, 0.25) is 0 Å². The van der Waals surface area contributed by atoms with Crippen LogP contribution in [0.3, 0.4) is 0 Å². The van der Waals surface area contributed by atoms with Crippen molar-refractivity contribution in [3.63, 3.8) is 0 Å². The monoisotopic (exact) mass is 782 g/mol. The molecule has 1 aliphatic heterocycles. The lowest BCUT2D eigenvalue weighted by Crippen LogP contribution is -2.29. The van der Waals surface area contributed by atoms with Crippen molar-refractivity contribution in [3.8, 4) is 0 Å². The van der Waals surface area contributed by atoms with Crippen LogP contribution < -0.4 is 5.73 Å². The Morgan fingerprint density at radius 1 is 0.667 bits per heavy atom. The lowest BCUT2D eigenvalue weighted by molar-refractivity contribution is -0.161. The first-order chi connectivity index (χ1) is 26.3. The number of hydrogen-bond donors (Lipinski definition) is 2. The van der Waals surface area contributed by atoms with E-state index in [-0.39, 0.29) is 32.6 Å². The zero-order chi connectivity index (χ0) is 39.4. The van der Waals surface area contributed by atoms with Crippen LogP contribution in [0.2, 0.25) is 0 Å². The van der Waals surface area contributed by atoms with Gasteiger partial charge >= 0.3 is 19.8 Å². The number of ether oxygens (including phenoxy) is 3. The molecular formula is C43H76NO9P. The number of rotatable bonds is 38. The number of nitrogens with two attached hydrogens (primary N) is 1. The van der Waals surface area contributed by atoms with Gasteiger partial charge in [-0.15, -0.1) is 0 Å². The van der Waals surface area contributed by atoms with E-state index in [1.54, 1.807) is 0 Å². The minimum atomic E-state index is -4.40. The molecule has 4 atom stereocenters. The number of epoxide rings is 1. The summed E-state index contributed by atoms with van der Waals surface area (Å²) in [5, 5.41) is 0. The molecule has 1 rings (SSSR count). The van der Waals surface area contributed by atoms with Crippen LogP contribution in [0.4, 0.5) is 0 Å². The second kappa shape index (κ2) is 35.4. The van der Waals surface area contributed by atoms with Gasteiger partial charge in [0.25, 0.3) is 0 Å². The highest BCUT2D eigenvalue weighted by Gasteiger charge is 2.36. The van der Waals surface area contributed by atoms with E-state index < -0.39 is 32.5 Å². The highest BCUT2D eigenvalue weighted by atomic mass is 31.2. The fourth-order valence-electron chi connectivity index (χ4n) is 5.83. The summed E-state index contributed by atoms with van der Waals surface area (Å²) in [4.78, 5) is 34.8. The second-order valence-electron chi connectivity index (χ2n) is 14.2. The first-order valence-corrected chi connectivity index (χ1v) is 22.7. The van der Waals surface area contributed by atoms with Gasteiger partial charge in [-0.3, -0.25) is 18.6 Å². The van der Waals surface area contributed by atoms with Crippen molar-refractivity contribution < 1.29 is 42.3 Å². The van der Waals surface area contributed by atoms with Crippen molar-refractivity contribution >= 4 is 19.8 Å². The van der Waals surface area contributed by atoms with E-state index in [2.05, 4.69) is 56.4 Å². The average Bonchev–Trinajstić information content (AvgIpc) is 3.91. The number of carbonyl (C=O) groups excluding carboxylic acids is 2. The molecule has 1 saturated heterocycles. The summed E-state index contributed by atoms with van der Waals surface area (Å²) in [6.07, 6.45) is 41.8. The first kappa shape index (κ1) is 49.9. The second-order valence-corrected chi connectivity index (χ2v) is 15.7. The molecule has 1 fully saturated rings. The van der Waals surface area contributed by atoms with E-state index in [4.69, 9.17) is 29.0 Å². The normalized spacial score (nSPS) is 17.6. The molecule has 11 heteroatoms. The SMILES string of the molecule is CCCCCCCC/C=C\CCCCCCCC(=O)OC[C@H](COP(=O)(O)OCCN)OC(=O)CCC/C=C\C/C=C\C/C=C\CC1OC1CCCCC. The lowest BCUT2D eigenvalue weighted by atomic mass is 10.1. The van der Waals surface area contributed by atoms with Crippen molar-refractivity contribution in [3.05, 3.63) is 48.6 Å². The van der Waals surface area contributed by atoms with Crippen LogP contribution in [0.5, 0.6) is 0 Å². The van der Waals surface area contributed by atoms with Gasteiger partial charge in [-0.2, -0.15) is 0 Å². The number of hydrogen-bond acceptors (Lipinski definition) is 9. The predicted octanol–water partition coefficient (Wildman–Crippen LogP) is 10.9. The van der Waals surface area contributed by atoms with Crippen molar-refractivity contribution in [2.75, 3.05) is 26.4 Å². The predicted molar refractivity (Wildman–Crippen MR) is 219 cm³/mol. The molecule has 0 spiro atoms. The van der Waals surface area contributed by atoms with Gasteiger partial charge in [0.1, 0.15) is 6.61 Å². The Balaban J connectivity index is 2.23. The Morgan fingerprint density at radius 3 is 1.91 bits per heavy atom. The van der Waals surface area contributed by atoms with E-state index >= 15 is 0 Å². The Morgan fingerprint density at radius 2 is 1.22 bits per heavy atom. The minimum absolute atomic E-state index is 0.0403. The topological polar surface area (TPSA) is 147 Å². The average molecular weight is 782 g/mol. The number of carbonyl (C=O) groups is 2. The molecule has 0 aliphatic carbocycles. The third-order valence-electron chi connectivity index (χ3n) is 9.11. The van der Waals surface area contributed by atoms with E-state index in [1.807, 2.05) is 6.08 Å². The summed E-state index contributed by atoms with van der Waals surface area (Å²) >= 11 is 0. The summed E-state index contributed by atoms with van der Waals surface area (Å²) < 4.78 is 38.4. The van der Waals surface area contributed by atoms with Gasteiger partial charge in [-0.1, -0.05) is 133 Å². The third-order valence-corrected chi connectivity index (χ3v) is 10.1. The largest absolute Gasteiger partial charge is 0.472 e. The number of phosphoric acid groups is 1. The van der Waals surface area contributed by atoms with Gasteiger partial charge < -0.3 is 24.8 Å². The summed E-state index contributed by atoms with van der Waals surface area (Å²) in [6.45, 7) is 3.61. The molecule has 0 bridgehead atoms. The van der Waals surface area contributed by atoms with Crippen LogP contribution in [0.25, 0.3) is 0 Å². The molecule has 1 heterocycles. The molecule has 0 radical (unpaired) electrons. The smallest absolute Gasteiger partial charge is 0.462 e. The van der Waals surface area contributed by atoms with E-state index in [0.29, 0.717) is 31.5 Å². The standard InChI is InChI=1S/C43H76NO9P/c1-3-5-7-8-9-10-11-12-13-14-15-19-22-25-29-33-42(45)49-37-39(38-51-54(47,48)50-36-35-44)52-43(46)34-30-26-23-20-17-16-18-21-24-28-32-41-40(53-41)31-27-6-4-2/h12-13,16,18,20,23-24,28,39-41H,3-11,14-15,17,19,21-22,25-27,29-38,44H2,1-2H3,(H,47,48)/b13-12-,18-16-,23-20-,28-24-/t39-,40?,41?/m1/s1. The maximum Gasteiger partial charge on any atom is 0.472 e. The first-order valence-electron chi connectivity index (χ1n) is 21.2. The molecule has 0 aromatic heterocycles. The van der Waals surface area contributed by atoms with Crippen LogP contribution in [0.15, 0.2) is 48.6 Å². The summed E-state index contributed by atoms with van der Waals surface area (Å²) in [6, 6.07) is 0. The summed E-state index contributed by atoms with van der Waals surface area (Å²) in [5.41, 5.74) is 5.34. The van der Waals surface area contributed by atoms with Crippen LogP contribution in [-0.2, 0) is 37.4 Å². The highest BCUT2D eigenvalue weighted by molar-refractivity contribution is 7.47. The van der Waals surface area contributed by atoms with Crippen LogP contribution in [0, 0.1) is 0 Å². The molecule has 312 valence electrons. The van der Waals surface area contributed by atoms with E-state index in [9.17, 15) is 19.0 Å². The zero-order valence-electron chi connectivity index (χ0n) is 33.9. The summed E-state index contributed by atoms with van der Waals surface area (Å²) in [5.74, 6) is -0.911. The van der Waals surface area contributed by atoms with Gasteiger partial charge in [0.15, 0.2) is 6.10 Å².